The number of halogens is 1. The molecule has 1 heterocycles. The van der Waals surface area contributed by atoms with Gasteiger partial charge in [-0.1, -0.05) is 32.9 Å². The van der Waals surface area contributed by atoms with Gasteiger partial charge >= 0.3 is 0 Å². The van der Waals surface area contributed by atoms with Gasteiger partial charge in [-0.3, -0.25) is 4.79 Å². The van der Waals surface area contributed by atoms with Crippen molar-refractivity contribution in [3.05, 3.63) is 29.8 Å². The summed E-state index contributed by atoms with van der Waals surface area (Å²) in [5, 5.41) is 2.95. The number of hydrogen-bond acceptors (Lipinski definition) is 4. The lowest BCUT2D eigenvalue weighted by atomic mass is 9.87. The molecule has 1 aliphatic rings. The largest absolute Gasteiger partial charge is 0.491 e. The van der Waals surface area contributed by atoms with Crippen molar-refractivity contribution >= 4 is 18.3 Å². The second-order valence-corrected chi connectivity index (χ2v) is 7.97. The number of nitrogens with two attached hydrogens (primary N) is 1. The summed E-state index contributed by atoms with van der Waals surface area (Å²) < 4.78 is 11.1. The van der Waals surface area contributed by atoms with Crippen molar-refractivity contribution < 1.29 is 14.3 Å². The first-order valence-electron chi connectivity index (χ1n) is 9.14. The zero-order chi connectivity index (χ0) is 18.4. The molecular formula is C20H33ClN2O3. The highest BCUT2D eigenvalue weighted by atomic mass is 35.5. The van der Waals surface area contributed by atoms with Gasteiger partial charge in [-0.25, -0.2) is 0 Å². The van der Waals surface area contributed by atoms with Crippen LogP contribution >= 0.6 is 12.4 Å². The molecule has 6 heteroatoms. The predicted molar refractivity (Wildman–Crippen MR) is 107 cm³/mol. The first-order chi connectivity index (χ1) is 11.8. The lowest BCUT2D eigenvalue weighted by molar-refractivity contribution is -0.125. The van der Waals surface area contributed by atoms with Crippen LogP contribution in [0.3, 0.4) is 0 Å². The summed E-state index contributed by atoms with van der Waals surface area (Å²) in [7, 11) is 0. The number of rotatable bonds is 6. The Morgan fingerprint density at radius 3 is 2.38 bits per heavy atom. The number of nitrogens with one attached hydrogen (secondary N) is 1. The van der Waals surface area contributed by atoms with E-state index in [1.54, 1.807) is 0 Å². The summed E-state index contributed by atoms with van der Waals surface area (Å²) >= 11 is 0. The lowest BCUT2D eigenvalue weighted by Crippen LogP contribution is -2.50. The van der Waals surface area contributed by atoms with Crippen molar-refractivity contribution in [1.82, 2.24) is 5.32 Å². The molecule has 5 nitrogen and oxygen atoms in total. The third-order valence-electron chi connectivity index (χ3n) is 4.69. The van der Waals surface area contributed by atoms with Crippen molar-refractivity contribution in [2.45, 2.75) is 58.0 Å². The minimum absolute atomic E-state index is 0. The van der Waals surface area contributed by atoms with Crippen LogP contribution in [0, 0.1) is 5.92 Å². The van der Waals surface area contributed by atoms with Crippen molar-refractivity contribution in [2.24, 2.45) is 11.7 Å². The van der Waals surface area contributed by atoms with Crippen LogP contribution in [0.2, 0.25) is 0 Å². The second kappa shape index (κ2) is 10.1. The van der Waals surface area contributed by atoms with Crippen LogP contribution in [-0.4, -0.2) is 37.8 Å². The number of benzene rings is 1. The first kappa shape index (κ1) is 22.7. The number of carbonyl (C=O) groups is 1. The van der Waals surface area contributed by atoms with E-state index in [4.69, 9.17) is 15.2 Å². The summed E-state index contributed by atoms with van der Waals surface area (Å²) in [5.41, 5.74) is 7.49. The smallest absolute Gasteiger partial charge is 0.237 e. The molecule has 1 aliphatic heterocycles. The summed E-state index contributed by atoms with van der Waals surface area (Å²) in [4.78, 5) is 12.3. The van der Waals surface area contributed by atoms with Gasteiger partial charge in [-0.2, -0.15) is 0 Å². The molecular weight excluding hydrogens is 352 g/mol. The Morgan fingerprint density at radius 2 is 1.85 bits per heavy atom. The molecule has 2 rings (SSSR count). The van der Waals surface area contributed by atoms with E-state index >= 15 is 0 Å². The SMILES string of the molecule is CC(COc1ccc(C(C)(C)C)cc1)NC(=O)C(N)C1CCOCC1.Cl. The van der Waals surface area contributed by atoms with Crippen LogP contribution in [-0.2, 0) is 14.9 Å². The van der Waals surface area contributed by atoms with Gasteiger partial charge < -0.3 is 20.5 Å². The average Bonchev–Trinajstić information content (AvgIpc) is 2.59. The van der Waals surface area contributed by atoms with Gasteiger partial charge in [0.05, 0.1) is 12.1 Å². The molecule has 2 unspecified atom stereocenters. The molecule has 0 aliphatic carbocycles. The summed E-state index contributed by atoms with van der Waals surface area (Å²) in [6, 6.07) is 7.54. The topological polar surface area (TPSA) is 73.6 Å². The van der Waals surface area contributed by atoms with Crippen molar-refractivity contribution in [3.63, 3.8) is 0 Å². The van der Waals surface area contributed by atoms with Crippen molar-refractivity contribution in [3.8, 4) is 5.75 Å². The molecule has 0 saturated carbocycles. The van der Waals surface area contributed by atoms with E-state index in [2.05, 4.69) is 38.2 Å². The predicted octanol–water partition coefficient (Wildman–Crippen LogP) is 3.04. The number of carbonyl (C=O) groups excluding carboxylic acids is 1. The minimum atomic E-state index is -0.475. The first-order valence-corrected chi connectivity index (χ1v) is 9.14. The molecule has 1 saturated heterocycles. The highest BCUT2D eigenvalue weighted by Crippen LogP contribution is 2.24. The van der Waals surface area contributed by atoms with E-state index < -0.39 is 6.04 Å². The van der Waals surface area contributed by atoms with E-state index in [1.807, 2.05) is 19.1 Å². The standard InChI is InChI=1S/C20H32N2O3.ClH/c1-14(22-19(23)18(21)15-9-11-24-12-10-15)13-25-17-7-5-16(6-8-17)20(2,3)4;/h5-8,14-15,18H,9-13,21H2,1-4H3,(H,22,23);1H. The van der Waals surface area contributed by atoms with Crippen molar-refractivity contribution in [1.29, 1.82) is 0 Å². The Labute approximate surface area is 163 Å². The van der Waals surface area contributed by atoms with E-state index in [0.717, 1.165) is 18.6 Å². The van der Waals surface area contributed by atoms with Gasteiger partial charge in [-0.05, 0) is 48.8 Å². The van der Waals surface area contributed by atoms with Crippen LogP contribution in [0.15, 0.2) is 24.3 Å². The normalized spacial score (nSPS) is 17.7. The zero-order valence-corrected chi connectivity index (χ0v) is 17.1. The van der Waals surface area contributed by atoms with E-state index in [-0.39, 0.29) is 35.7 Å². The van der Waals surface area contributed by atoms with Gasteiger partial charge in [-0.15, -0.1) is 12.4 Å². The van der Waals surface area contributed by atoms with Crippen LogP contribution in [0.25, 0.3) is 0 Å². The van der Waals surface area contributed by atoms with Gasteiger partial charge in [0, 0.05) is 13.2 Å². The molecule has 0 aromatic heterocycles. The molecule has 1 aromatic carbocycles. The van der Waals surface area contributed by atoms with Crippen LogP contribution in [0.4, 0.5) is 0 Å². The summed E-state index contributed by atoms with van der Waals surface area (Å²) in [6.07, 6.45) is 1.69. The fraction of sp³-hybridized carbons (Fsp3) is 0.650. The monoisotopic (exact) mass is 384 g/mol. The van der Waals surface area contributed by atoms with E-state index in [0.29, 0.717) is 19.8 Å². The number of hydrogen-bond donors (Lipinski definition) is 2. The highest BCUT2D eigenvalue weighted by Gasteiger charge is 2.27. The highest BCUT2D eigenvalue weighted by molar-refractivity contribution is 5.85. The zero-order valence-electron chi connectivity index (χ0n) is 16.3. The third-order valence-corrected chi connectivity index (χ3v) is 4.69. The fourth-order valence-electron chi connectivity index (χ4n) is 2.94. The Bertz CT molecular complexity index is 551. The molecule has 0 spiro atoms. The van der Waals surface area contributed by atoms with Crippen molar-refractivity contribution in [2.75, 3.05) is 19.8 Å². The van der Waals surface area contributed by atoms with Crippen LogP contribution < -0.4 is 15.8 Å². The molecule has 1 amide bonds. The maximum Gasteiger partial charge on any atom is 0.237 e. The molecule has 1 aromatic rings. The molecule has 148 valence electrons. The van der Waals surface area contributed by atoms with Crippen LogP contribution in [0.5, 0.6) is 5.75 Å². The number of amides is 1. The average molecular weight is 385 g/mol. The molecule has 0 radical (unpaired) electrons. The Balaban J connectivity index is 0.00000338. The van der Waals surface area contributed by atoms with Crippen LogP contribution in [0.1, 0.15) is 46.1 Å². The van der Waals surface area contributed by atoms with E-state index in [1.165, 1.54) is 5.56 Å². The number of ether oxygens (including phenoxy) is 2. The molecule has 3 N–H and O–H groups in total. The summed E-state index contributed by atoms with van der Waals surface area (Å²) in [6.45, 7) is 10.3. The van der Waals surface area contributed by atoms with Gasteiger partial charge in [0.15, 0.2) is 0 Å². The summed E-state index contributed by atoms with van der Waals surface area (Å²) in [5.74, 6) is 0.903. The second-order valence-electron chi connectivity index (χ2n) is 7.97. The lowest BCUT2D eigenvalue weighted by Gasteiger charge is -2.27. The maximum atomic E-state index is 12.3. The van der Waals surface area contributed by atoms with Gasteiger partial charge in [0.1, 0.15) is 12.4 Å². The van der Waals surface area contributed by atoms with Gasteiger partial charge in [0.25, 0.3) is 0 Å². The fourth-order valence-corrected chi connectivity index (χ4v) is 2.94. The van der Waals surface area contributed by atoms with E-state index in [9.17, 15) is 4.79 Å². The molecule has 26 heavy (non-hydrogen) atoms. The maximum absolute atomic E-state index is 12.3. The minimum Gasteiger partial charge on any atom is -0.491 e. The Kier molecular flexibility index (Phi) is 8.87. The quantitative estimate of drug-likeness (QED) is 0.790. The third kappa shape index (κ3) is 6.78. The Hall–Kier alpha value is -1.30. The van der Waals surface area contributed by atoms with Gasteiger partial charge in [0.2, 0.25) is 5.91 Å². The molecule has 0 bridgehead atoms. The molecule has 1 fully saturated rings. The molecule has 2 atom stereocenters. The Morgan fingerprint density at radius 1 is 1.27 bits per heavy atom.